The van der Waals surface area contributed by atoms with E-state index < -0.39 is 34.0 Å². The van der Waals surface area contributed by atoms with Gasteiger partial charge in [-0.2, -0.15) is 0 Å². The summed E-state index contributed by atoms with van der Waals surface area (Å²) in [5, 5.41) is 20.8. The van der Waals surface area contributed by atoms with Crippen LogP contribution >= 0.6 is 0 Å². The number of aliphatic hydroxyl groups excluding tert-OH is 1. The lowest BCUT2D eigenvalue weighted by Crippen LogP contribution is -2.09. The average molecular weight is 297 g/mol. The summed E-state index contributed by atoms with van der Waals surface area (Å²) < 4.78 is 39.9. The third-order valence-corrected chi connectivity index (χ3v) is 2.98. The molecule has 0 saturated heterocycles. The second-order valence-electron chi connectivity index (χ2n) is 4.39. The predicted molar refractivity (Wildman–Crippen MR) is 68.1 cm³/mol. The Bertz CT molecular complexity index is 668. The molecule has 0 radical (unpaired) electrons. The molecule has 1 unspecified atom stereocenters. The van der Waals surface area contributed by atoms with Crippen molar-refractivity contribution in [1.82, 2.24) is 0 Å². The maximum Gasteiger partial charge on any atom is 0.272 e. The molecule has 4 nitrogen and oxygen atoms in total. The number of benzene rings is 2. The molecule has 0 aliphatic rings. The monoisotopic (exact) mass is 297 g/mol. The predicted octanol–water partition coefficient (Wildman–Crippen LogP) is 3.29. The van der Waals surface area contributed by atoms with E-state index in [0.29, 0.717) is 12.1 Å². The summed E-state index contributed by atoms with van der Waals surface area (Å²) in [6.45, 7) is 0. The van der Waals surface area contributed by atoms with Crippen molar-refractivity contribution in [2.45, 2.75) is 12.5 Å². The summed E-state index contributed by atoms with van der Waals surface area (Å²) >= 11 is 0. The average Bonchev–Trinajstić information content (AvgIpc) is 2.37. The van der Waals surface area contributed by atoms with E-state index in [9.17, 15) is 28.4 Å². The van der Waals surface area contributed by atoms with Crippen LogP contribution in [0.3, 0.4) is 0 Å². The first-order valence-corrected chi connectivity index (χ1v) is 5.95. The minimum atomic E-state index is -1.66. The molecule has 110 valence electrons. The molecule has 0 heterocycles. The fraction of sp³-hybridized carbons (Fsp3) is 0.143. The zero-order chi connectivity index (χ0) is 15.6. The molecule has 21 heavy (non-hydrogen) atoms. The van der Waals surface area contributed by atoms with Gasteiger partial charge in [0.25, 0.3) is 5.69 Å². The van der Waals surface area contributed by atoms with Gasteiger partial charge in [-0.25, -0.2) is 13.2 Å². The number of hydrogen-bond acceptors (Lipinski definition) is 3. The molecule has 0 amide bonds. The Labute approximate surface area is 117 Å². The van der Waals surface area contributed by atoms with Crippen LogP contribution in [0, 0.1) is 27.6 Å². The van der Waals surface area contributed by atoms with Crippen molar-refractivity contribution in [3.8, 4) is 0 Å². The number of rotatable bonds is 4. The van der Waals surface area contributed by atoms with Gasteiger partial charge in [0.1, 0.15) is 17.5 Å². The van der Waals surface area contributed by atoms with E-state index in [1.807, 2.05) is 0 Å². The first-order chi connectivity index (χ1) is 9.90. The molecule has 0 fully saturated rings. The molecule has 2 aromatic carbocycles. The van der Waals surface area contributed by atoms with Crippen LogP contribution in [0.15, 0.2) is 36.4 Å². The highest BCUT2D eigenvalue weighted by atomic mass is 19.1. The van der Waals surface area contributed by atoms with Crippen molar-refractivity contribution in [3.05, 3.63) is 75.1 Å². The quantitative estimate of drug-likeness (QED) is 0.695. The van der Waals surface area contributed by atoms with Crippen molar-refractivity contribution in [3.63, 3.8) is 0 Å². The Balaban J connectivity index is 2.35. The van der Waals surface area contributed by atoms with Crippen LogP contribution in [0.4, 0.5) is 18.9 Å². The van der Waals surface area contributed by atoms with Crippen LogP contribution in [0.25, 0.3) is 0 Å². The highest BCUT2D eigenvalue weighted by molar-refractivity contribution is 5.41. The van der Waals surface area contributed by atoms with Crippen LogP contribution in [0.2, 0.25) is 0 Å². The summed E-state index contributed by atoms with van der Waals surface area (Å²) in [5.74, 6) is -3.58. The molecule has 2 aromatic rings. The van der Waals surface area contributed by atoms with E-state index >= 15 is 0 Å². The van der Waals surface area contributed by atoms with Gasteiger partial charge in [0.2, 0.25) is 0 Å². The normalized spacial score (nSPS) is 12.2. The molecule has 1 atom stereocenters. The Morgan fingerprint density at radius 1 is 1.14 bits per heavy atom. The standard InChI is InChI=1S/C14H10F3NO3/c15-9-6-10(16)14(11(17)7-9)13(19)5-8-3-1-2-4-12(8)18(20)21/h1-4,6-7,13,19H,5H2. The van der Waals surface area contributed by atoms with Crippen molar-refractivity contribution in [2.75, 3.05) is 0 Å². The van der Waals surface area contributed by atoms with Crippen molar-refractivity contribution < 1.29 is 23.2 Å². The first kappa shape index (κ1) is 15.0. The van der Waals surface area contributed by atoms with E-state index in [0.717, 1.165) is 0 Å². The zero-order valence-electron chi connectivity index (χ0n) is 10.6. The molecule has 0 spiro atoms. The molecule has 0 bridgehead atoms. The van der Waals surface area contributed by atoms with Crippen LogP contribution < -0.4 is 0 Å². The first-order valence-electron chi connectivity index (χ1n) is 5.95. The minimum absolute atomic E-state index is 0.123. The van der Waals surface area contributed by atoms with Gasteiger partial charge >= 0.3 is 0 Å². The third kappa shape index (κ3) is 3.19. The minimum Gasteiger partial charge on any atom is -0.388 e. The lowest BCUT2D eigenvalue weighted by Gasteiger charge is -2.13. The van der Waals surface area contributed by atoms with E-state index in [1.165, 1.54) is 24.3 Å². The summed E-state index contributed by atoms with van der Waals surface area (Å²) in [7, 11) is 0. The van der Waals surface area contributed by atoms with E-state index in [-0.39, 0.29) is 17.7 Å². The number of nitro groups is 1. The number of aliphatic hydroxyl groups is 1. The van der Waals surface area contributed by atoms with Crippen molar-refractivity contribution in [2.24, 2.45) is 0 Å². The number of nitro benzene ring substituents is 1. The zero-order valence-corrected chi connectivity index (χ0v) is 10.6. The van der Waals surface area contributed by atoms with Crippen molar-refractivity contribution >= 4 is 5.69 Å². The topological polar surface area (TPSA) is 63.4 Å². The Morgan fingerprint density at radius 3 is 2.29 bits per heavy atom. The van der Waals surface area contributed by atoms with Gasteiger partial charge in [-0.05, 0) is 0 Å². The van der Waals surface area contributed by atoms with Gasteiger partial charge in [-0.3, -0.25) is 10.1 Å². The highest BCUT2D eigenvalue weighted by Crippen LogP contribution is 2.28. The van der Waals surface area contributed by atoms with Gasteiger partial charge in [-0.1, -0.05) is 18.2 Å². The molecule has 1 N–H and O–H groups in total. The molecule has 7 heteroatoms. The fourth-order valence-corrected chi connectivity index (χ4v) is 2.04. The molecule has 2 rings (SSSR count). The van der Waals surface area contributed by atoms with Crippen molar-refractivity contribution in [1.29, 1.82) is 0 Å². The summed E-state index contributed by atoms with van der Waals surface area (Å²) in [4.78, 5) is 10.2. The van der Waals surface area contributed by atoms with Crippen LogP contribution in [-0.4, -0.2) is 10.0 Å². The SMILES string of the molecule is O=[N+]([O-])c1ccccc1CC(O)c1c(F)cc(F)cc1F. The molecule has 0 aromatic heterocycles. The van der Waals surface area contributed by atoms with E-state index in [4.69, 9.17) is 0 Å². The summed E-state index contributed by atoms with van der Waals surface area (Å²) in [6, 6.07) is 6.43. The van der Waals surface area contributed by atoms with Crippen LogP contribution in [-0.2, 0) is 6.42 Å². The molecular weight excluding hydrogens is 287 g/mol. The van der Waals surface area contributed by atoms with Crippen LogP contribution in [0.5, 0.6) is 0 Å². The largest absolute Gasteiger partial charge is 0.388 e. The maximum atomic E-state index is 13.5. The Morgan fingerprint density at radius 2 is 1.71 bits per heavy atom. The van der Waals surface area contributed by atoms with Gasteiger partial charge in [-0.15, -0.1) is 0 Å². The molecule has 0 aliphatic heterocycles. The smallest absolute Gasteiger partial charge is 0.272 e. The lowest BCUT2D eigenvalue weighted by molar-refractivity contribution is -0.385. The Kier molecular flexibility index (Phi) is 4.23. The fourth-order valence-electron chi connectivity index (χ4n) is 2.04. The third-order valence-electron chi connectivity index (χ3n) is 2.98. The highest BCUT2D eigenvalue weighted by Gasteiger charge is 2.23. The van der Waals surface area contributed by atoms with Gasteiger partial charge < -0.3 is 5.11 Å². The second kappa shape index (κ2) is 5.92. The summed E-state index contributed by atoms with van der Waals surface area (Å²) in [6.07, 6.45) is -2.02. The van der Waals surface area contributed by atoms with E-state index in [1.54, 1.807) is 0 Å². The van der Waals surface area contributed by atoms with Crippen LogP contribution in [0.1, 0.15) is 17.2 Å². The summed E-state index contributed by atoms with van der Waals surface area (Å²) in [5.41, 5.74) is -0.854. The maximum absolute atomic E-state index is 13.5. The Hall–Kier alpha value is -2.41. The van der Waals surface area contributed by atoms with E-state index in [2.05, 4.69) is 0 Å². The molecular formula is C14H10F3NO3. The molecule has 0 saturated carbocycles. The van der Waals surface area contributed by atoms with Gasteiger partial charge in [0, 0.05) is 30.2 Å². The number of halogens is 3. The molecule has 0 aliphatic carbocycles. The van der Waals surface area contributed by atoms with Gasteiger partial charge in [0.15, 0.2) is 0 Å². The number of nitrogens with zero attached hydrogens (tertiary/aromatic N) is 1. The number of para-hydroxylation sites is 1. The van der Waals surface area contributed by atoms with Gasteiger partial charge in [0.05, 0.1) is 16.6 Å². The lowest BCUT2D eigenvalue weighted by atomic mass is 9.99. The number of hydrogen-bond donors (Lipinski definition) is 1. The second-order valence-corrected chi connectivity index (χ2v) is 4.39.